The Morgan fingerprint density at radius 1 is 0.944 bits per heavy atom. The number of anilines is 1. The average Bonchev–Trinajstić information content (AvgIpc) is 3.39. The Bertz CT molecular complexity index is 1780. The fourth-order valence-corrected chi connectivity index (χ4v) is 4.59. The normalized spacial score (nSPS) is 12.2. The van der Waals surface area contributed by atoms with E-state index in [0.717, 1.165) is 16.8 Å². The van der Waals surface area contributed by atoms with Crippen LogP contribution in [0.5, 0.6) is 0 Å². The predicted molar refractivity (Wildman–Crippen MR) is 139 cm³/mol. The lowest BCUT2D eigenvalue weighted by Gasteiger charge is -2.22. The molecular formula is C28H21FN6O. The SMILES string of the molecule is C[C@H](Nc1ncnc2[nH]cnc12)c1cc2cccc(-c3cccc(F)c3)c2c(=O)n1-c1ccccc1. The number of aromatic nitrogens is 5. The molecule has 0 aliphatic carbocycles. The van der Waals surface area contributed by atoms with Gasteiger partial charge in [0.25, 0.3) is 5.56 Å². The number of hydrogen-bond donors (Lipinski definition) is 2. The van der Waals surface area contributed by atoms with Crippen molar-refractivity contribution in [1.82, 2.24) is 24.5 Å². The Hall–Kier alpha value is -4.85. The maximum Gasteiger partial charge on any atom is 0.263 e. The first kappa shape index (κ1) is 21.7. The van der Waals surface area contributed by atoms with Gasteiger partial charge in [-0.15, -0.1) is 0 Å². The van der Waals surface area contributed by atoms with Crippen LogP contribution in [0.4, 0.5) is 10.2 Å². The maximum atomic E-state index is 14.2. The van der Waals surface area contributed by atoms with Crippen LogP contribution < -0.4 is 10.9 Å². The van der Waals surface area contributed by atoms with Crippen molar-refractivity contribution in [2.75, 3.05) is 5.32 Å². The fraction of sp³-hybridized carbons (Fsp3) is 0.0714. The molecule has 0 radical (unpaired) electrons. The summed E-state index contributed by atoms with van der Waals surface area (Å²) in [5.74, 6) is 0.214. The van der Waals surface area contributed by atoms with Gasteiger partial charge in [0.1, 0.15) is 17.7 Å². The second-order valence-electron chi connectivity index (χ2n) is 8.51. The van der Waals surface area contributed by atoms with E-state index in [1.54, 1.807) is 17.0 Å². The van der Waals surface area contributed by atoms with Crippen molar-refractivity contribution in [1.29, 1.82) is 0 Å². The molecule has 6 rings (SSSR count). The van der Waals surface area contributed by atoms with Gasteiger partial charge in [-0.3, -0.25) is 9.36 Å². The summed E-state index contributed by atoms with van der Waals surface area (Å²) in [5, 5.41) is 4.70. The van der Waals surface area contributed by atoms with Gasteiger partial charge < -0.3 is 10.3 Å². The highest BCUT2D eigenvalue weighted by molar-refractivity contribution is 5.96. The van der Waals surface area contributed by atoms with E-state index in [1.807, 2.05) is 67.6 Å². The number of nitrogens with zero attached hydrogens (tertiary/aromatic N) is 4. The molecule has 0 spiro atoms. The maximum absolute atomic E-state index is 14.2. The lowest BCUT2D eigenvalue weighted by Crippen LogP contribution is -2.26. The van der Waals surface area contributed by atoms with Gasteiger partial charge in [0.2, 0.25) is 0 Å². The van der Waals surface area contributed by atoms with Crippen LogP contribution in [0.1, 0.15) is 18.7 Å². The third-order valence-electron chi connectivity index (χ3n) is 6.24. The number of fused-ring (bicyclic) bond motifs is 2. The zero-order valence-corrected chi connectivity index (χ0v) is 19.3. The van der Waals surface area contributed by atoms with Crippen LogP contribution in [0, 0.1) is 5.82 Å². The molecule has 2 N–H and O–H groups in total. The van der Waals surface area contributed by atoms with E-state index in [4.69, 9.17) is 0 Å². The van der Waals surface area contributed by atoms with Crippen LogP contribution in [0.2, 0.25) is 0 Å². The summed E-state index contributed by atoms with van der Waals surface area (Å²) in [4.78, 5) is 30.0. The summed E-state index contributed by atoms with van der Waals surface area (Å²) >= 11 is 0. The van der Waals surface area contributed by atoms with Gasteiger partial charge in [-0.25, -0.2) is 19.3 Å². The van der Waals surface area contributed by atoms with Crippen LogP contribution >= 0.6 is 0 Å². The summed E-state index contributed by atoms with van der Waals surface area (Å²) < 4.78 is 15.8. The van der Waals surface area contributed by atoms with E-state index >= 15 is 0 Å². The molecule has 6 aromatic rings. The Morgan fingerprint density at radius 3 is 2.61 bits per heavy atom. The van der Waals surface area contributed by atoms with E-state index in [2.05, 4.69) is 25.3 Å². The number of H-pyrrole nitrogens is 1. The molecule has 0 saturated carbocycles. The van der Waals surface area contributed by atoms with Crippen molar-refractivity contribution in [2.24, 2.45) is 0 Å². The second kappa shape index (κ2) is 8.74. The molecular weight excluding hydrogens is 455 g/mol. The number of halogens is 1. The number of aromatic amines is 1. The smallest absolute Gasteiger partial charge is 0.263 e. The standard InChI is InChI=1S/C28H21FN6O/c1-17(34-27-25-26(31-15-30-25)32-16-33-27)23-14-19-8-6-12-22(18-7-5-9-20(29)13-18)24(19)28(36)35(23)21-10-3-2-4-11-21/h2-17H,1H3,(H2,30,31,32,33,34)/t17-/m0/s1. The Morgan fingerprint density at radius 2 is 1.78 bits per heavy atom. The van der Waals surface area contributed by atoms with Crippen LogP contribution in [0.25, 0.3) is 38.8 Å². The summed E-state index contributed by atoms with van der Waals surface area (Å²) in [6.45, 7) is 1.97. The average molecular weight is 477 g/mol. The van der Waals surface area contributed by atoms with Crippen LogP contribution in [0.15, 0.2) is 96.3 Å². The van der Waals surface area contributed by atoms with Gasteiger partial charge in [0, 0.05) is 11.4 Å². The molecule has 0 saturated heterocycles. The molecule has 3 aromatic heterocycles. The van der Waals surface area contributed by atoms with Crippen molar-refractivity contribution in [3.8, 4) is 16.8 Å². The van der Waals surface area contributed by atoms with Gasteiger partial charge in [-0.1, -0.05) is 48.5 Å². The van der Waals surface area contributed by atoms with Crippen molar-refractivity contribution in [3.05, 3.63) is 113 Å². The van der Waals surface area contributed by atoms with Gasteiger partial charge in [0.05, 0.1) is 17.8 Å². The molecule has 176 valence electrons. The summed E-state index contributed by atoms with van der Waals surface area (Å²) in [6, 6.07) is 23.1. The summed E-state index contributed by atoms with van der Waals surface area (Å²) in [5.41, 5.74) is 3.87. The van der Waals surface area contributed by atoms with E-state index in [1.165, 1.54) is 18.5 Å². The molecule has 36 heavy (non-hydrogen) atoms. The minimum Gasteiger partial charge on any atom is -0.360 e. The Balaban J connectivity index is 1.58. The molecule has 0 aliphatic heterocycles. The van der Waals surface area contributed by atoms with Crippen molar-refractivity contribution in [3.63, 3.8) is 0 Å². The lowest BCUT2D eigenvalue weighted by molar-refractivity contribution is 0.628. The van der Waals surface area contributed by atoms with Gasteiger partial charge in [-0.2, -0.15) is 0 Å². The summed E-state index contributed by atoms with van der Waals surface area (Å²) in [6.07, 6.45) is 3.03. The molecule has 0 unspecified atom stereocenters. The van der Waals surface area contributed by atoms with Crippen LogP contribution in [0.3, 0.4) is 0 Å². The Kier molecular flexibility index (Phi) is 5.26. The number of nitrogens with one attached hydrogen (secondary N) is 2. The van der Waals surface area contributed by atoms with Gasteiger partial charge in [0.15, 0.2) is 11.5 Å². The lowest BCUT2D eigenvalue weighted by atomic mass is 9.97. The summed E-state index contributed by atoms with van der Waals surface area (Å²) in [7, 11) is 0. The number of para-hydroxylation sites is 1. The zero-order valence-electron chi connectivity index (χ0n) is 19.3. The second-order valence-corrected chi connectivity index (χ2v) is 8.51. The largest absolute Gasteiger partial charge is 0.360 e. The van der Waals surface area contributed by atoms with Crippen molar-refractivity contribution in [2.45, 2.75) is 13.0 Å². The van der Waals surface area contributed by atoms with Gasteiger partial charge in [-0.05, 0) is 53.8 Å². The number of benzene rings is 3. The number of hydrogen-bond acceptors (Lipinski definition) is 5. The van der Waals surface area contributed by atoms with Crippen molar-refractivity contribution < 1.29 is 4.39 Å². The van der Waals surface area contributed by atoms with Crippen molar-refractivity contribution >= 4 is 27.8 Å². The predicted octanol–water partition coefficient (Wildman–Crippen LogP) is 5.64. The third kappa shape index (κ3) is 3.69. The molecule has 1 atom stereocenters. The highest BCUT2D eigenvalue weighted by Gasteiger charge is 2.20. The zero-order chi connectivity index (χ0) is 24.6. The number of imidazole rings is 1. The first-order valence-electron chi connectivity index (χ1n) is 11.5. The minimum absolute atomic E-state index is 0.185. The molecule has 3 aromatic carbocycles. The molecule has 8 heteroatoms. The minimum atomic E-state index is -0.350. The van der Waals surface area contributed by atoms with Crippen LogP contribution in [-0.2, 0) is 0 Å². The first-order chi connectivity index (χ1) is 17.6. The fourth-order valence-electron chi connectivity index (χ4n) is 4.59. The number of pyridine rings is 1. The third-order valence-corrected chi connectivity index (χ3v) is 6.24. The molecule has 0 amide bonds. The Labute approximate surface area is 205 Å². The molecule has 3 heterocycles. The first-order valence-corrected chi connectivity index (χ1v) is 11.5. The highest BCUT2D eigenvalue weighted by Crippen LogP contribution is 2.30. The quantitative estimate of drug-likeness (QED) is 0.336. The van der Waals surface area contributed by atoms with E-state index in [9.17, 15) is 9.18 Å². The molecule has 0 aliphatic rings. The van der Waals surface area contributed by atoms with Gasteiger partial charge >= 0.3 is 0 Å². The molecule has 7 nitrogen and oxygen atoms in total. The molecule has 0 fully saturated rings. The molecule has 0 bridgehead atoms. The van der Waals surface area contributed by atoms with Crippen LogP contribution in [-0.4, -0.2) is 24.5 Å². The van der Waals surface area contributed by atoms with E-state index < -0.39 is 0 Å². The van der Waals surface area contributed by atoms with E-state index in [0.29, 0.717) is 33.5 Å². The topological polar surface area (TPSA) is 88.5 Å². The highest BCUT2D eigenvalue weighted by atomic mass is 19.1. The number of rotatable bonds is 5. The van der Waals surface area contributed by atoms with E-state index in [-0.39, 0.29) is 17.4 Å². The monoisotopic (exact) mass is 476 g/mol.